The standard InChI is InChI=1S/C34H36N2O13/c1-7-16(3)27-32(42)36(45)34(17(4)8-2,33(43)35(27)44)48-24-15-21(11-14-23(24)49-36)26-29(41)28(40)25(20-9-12-22(39)13-10-20)30(46-18(5)37)31(26)47-19(6)38/h9-17,39-42,44H,7-8H2,1-6H3. The van der Waals surface area contributed by atoms with Crippen molar-refractivity contribution in [2.45, 2.75) is 60.1 Å². The molecule has 2 aliphatic heterocycles. The van der Waals surface area contributed by atoms with Crippen molar-refractivity contribution in [2.75, 3.05) is 0 Å². The number of carbonyl (C=O) groups excluding carboxylic acids is 3. The highest BCUT2D eigenvalue weighted by Crippen LogP contribution is 2.58. The quantitative estimate of drug-likeness (QED) is 0.0480. The van der Waals surface area contributed by atoms with Crippen LogP contribution in [0.25, 0.3) is 22.3 Å². The Morgan fingerprint density at radius 3 is 1.92 bits per heavy atom. The van der Waals surface area contributed by atoms with Crippen LogP contribution in [-0.4, -0.2) is 59.1 Å². The number of phenolic OH excluding ortho intramolecular Hbond substituents is 3. The summed E-state index contributed by atoms with van der Waals surface area (Å²) in [7, 11) is 0. The predicted molar refractivity (Wildman–Crippen MR) is 170 cm³/mol. The van der Waals surface area contributed by atoms with Crippen LogP contribution in [0, 0.1) is 17.0 Å². The molecular formula is C34H36N2O13. The Hall–Kier alpha value is -5.51. The molecule has 1 amide bonds. The van der Waals surface area contributed by atoms with E-state index in [0.717, 1.165) is 13.8 Å². The molecule has 0 spiro atoms. The second-order valence-corrected chi connectivity index (χ2v) is 11.9. The molecule has 4 atom stereocenters. The molecule has 0 saturated heterocycles. The summed E-state index contributed by atoms with van der Waals surface area (Å²) >= 11 is 0. The van der Waals surface area contributed by atoms with E-state index in [4.69, 9.17) is 19.0 Å². The molecule has 0 saturated carbocycles. The maximum atomic E-state index is 14.6. The molecule has 0 aliphatic carbocycles. The largest absolute Gasteiger partial charge is 0.578 e. The van der Waals surface area contributed by atoms with Gasteiger partial charge in [0.15, 0.2) is 34.4 Å². The molecule has 2 aliphatic rings. The van der Waals surface area contributed by atoms with Crippen LogP contribution in [0.3, 0.4) is 0 Å². The monoisotopic (exact) mass is 680 g/mol. The van der Waals surface area contributed by atoms with Crippen molar-refractivity contribution in [3.63, 3.8) is 0 Å². The van der Waals surface area contributed by atoms with Gasteiger partial charge in [0, 0.05) is 19.8 Å². The first kappa shape index (κ1) is 34.8. The summed E-state index contributed by atoms with van der Waals surface area (Å²) in [5, 5.41) is 69.7. The number of amides is 1. The lowest BCUT2D eigenvalue weighted by Crippen LogP contribution is -2.78. The van der Waals surface area contributed by atoms with E-state index in [9.17, 15) is 45.2 Å². The number of rotatable bonds is 8. The van der Waals surface area contributed by atoms with Crippen LogP contribution in [0.2, 0.25) is 0 Å². The molecule has 0 radical (unpaired) electrons. The van der Waals surface area contributed by atoms with Crippen molar-refractivity contribution >= 4 is 17.8 Å². The highest BCUT2D eigenvalue weighted by Gasteiger charge is 2.72. The maximum Gasteiger partial charge on any atom is 0.374 e. The van der Waals surface area contributed by atoms with Gasteiger partial charge in [-0.3, -0.25) is 24.4 Å². The van der Waals surface area contributed by atoms with Gasteiger partial charge in [-0.1, -0.05) is 44.6 Å². The SMILES string of the molecule is CCC(C)C1=C(O)[N+]2([O-])Oc3ccc(-c4c(O)c(O)c(-c5ccc(O)cc5)c(OC(C)=O)c4OC(C)=O)cc3OC2(C(C)CC)C(=O)N1O. The highest BCUT2D eigenvalue weighted by molar-refractivity contribution is 5.96. The van der Waals surface area contributed by atoms with Crippen LogP contribution < -0.4 is 19.0 Å². The average molecular weight is 681 g/mol. The van der Waals surface area contributed by atoms with Crippen molar-refractivity contribution in [3.8, 4) is 62.5 Å². The van der Waals surface area contributed by atoms with Gasteiger partial charge < -0.3 is 39.8 Å². The number of hydrogen-bond donors (Lipinski definition) is 5. The molecule has 0 fully saturated rings. The Labute approximate surface area is 280 Å². The number of aliphatic hydroxyl groups excluding tert-OH is 1. The van der Waals surface area contributed by atoms with Crippen LogP contribution in [0.1, 0.15) is 54.4 Å². The zero-order valence-electron chi connectivity index (χ0n) is 27.5. The fraction of sp³-hybridized carbons (Fsp3) is 0.324. The van der Waals surface area contributed by atoms with Crippen molar-refractivity contribution in [1.82, 2.24) is 5.06 Å². The van der Waals surface area contributed by atoms with Crippen molar-refractivity contribution in [2.24, 2.45) is 11.8 Å². The van der Waals surface area contributed by atoms with Crippen LogP contribution in [-0.2, 0) is 14.4 Å². The van der Waals surface area contributed by atoms with Gasteiger partial charge in [0.05, 0.1) is 17.0 Å². The third kappa shape index (κ3) is 5.31. The van der Waals surface area contributed by atoms with Gasteiger partial charge in [-0.15, -0.1) is 0 Å². The Kier molecular flexibility index (Phi) is 8.88. The molecule has 5 N–H and O–H groups in total. The van der Waals surface area contributed by atoms with E-state index in [2.05, 4.69) is 0 Å². The second-order valence-electron chi connectivity index (χ2n) is 11.9. The normalized spacial score (nSPS) is 21.1. The molecule has 3 aromatic carbocycles. The summed E-state index contributed by atoms with van der Waals surface area (Å²) in [6.07, 6.45) is 0.505. The number of quaternary nitrogens is 1. The van der Waals surface area contributed by atoms with E-state index in [1.807, 2.05) is 0 Å². The van der Waals surface area contributed by atoms with E-state index in [1.165, 1.54) is 49.4 Å². The molecule has 5 rings (SSSR count). The summed E-state index contributed by atoms with van der Waals surface area (Å²) in [5.41, 5.74) is -3.41. The Balaban J connectivity index is 1.78. The Bertz CT molecular complexity index is 1890. The first-order valence-electron chi connectivity index (χ1n) is 15.4. The fourth-order valence-electron chi connectivity index (χ4n) is 5.96. The number of aromatic hydroxyl groups is 3. The van der Waals surface area contributed by atoms with Crippen LogP contribution >= 0.6 is 0 Å². The summed E-state index contributed by atoms with van der Waals surface area (Å²) in [6.45, 7) is 8.63. The summed E-state index contributed by atoms with van der Waals surface area (Å²) in [6, 6.07) is 9.02. The van der Waals surface area contributed by atoms with Crippen LogP contribution in [0.5, 0.6) is 40.2 Å². The third-order valence-electron chi connectivity index (χ3n) is 8.76. The molecule has 15 heteroatoms. The van der Waals surface area contributed by atoms with Crippen LogP contribution in [0.15, 0.2) is 54.0 Å². The number of hydrogen-bond acceptors (Lipinski definition) is 13. The predicted octanol–water partition coefficient (Wildman–Crippen LogP) is 5.74. The molecule has 0 bridgehead atoms. The van der Waals surface area contributed by atoms with E-state index >= 15 is 0 Å². The number of nitrogens with zero attached hydrogens (tertiary/aromatic N) is 2. The van der Waals surface area contributed by atoms with Gasteiger partial charge in [-0.2, -0.15) is 5.06 Å². The molecule has 4 unspecified atom stereocenters. The summed E-state index contributed by atoms with van der Waals surface area (Å²) < 4.78 is 17.1. The summed E-state index contributed by atoms with van der Waals surface area (Å²) in [4.78, 5) is 42.3. The van der Waals surface area contributed by atoms with Gasteiger partial charge in [0.2, 0.25) is 5.75 Å². The lowest BCUT2D eigenvalue weighted by atomic mass is 9.89. The average Bonchev–Trinajstić information content (AvgIpc) is 3.05. The molecule has 49 heavy (non-hydrogen) atoms. The molecule has 15 nitrogen and oxygen atoms in total. The van der Waals surface area contributed by atoms with E-state index in [1.54, 1.807) is 20.8 Å². The lowest BCUT2D eigenvalue weighted by Gasteiger charge is -2.56. The highest BCUT2D eigenvalue weighted by atomic mass is 17.0. The van der Waals surface area contributed by atoms with Gasteiger partial charge in [-0.25, -0.2) is 0 Å². The van der Waals surface area contributed by atoms with Gasteiger partial charge in [0.1, 0.15) is 5.75 Å². The smallest absolute Gasteiger partial charge is 0.374 e. The number of ether oxygens (including phenoxy) is 3. The lowest BCUT2D eigenvalue weighted by molar-refractivity contribution is -1.08. The van der Waals surface area contributed by atoms with Crippen molar-refractivity contribution in [1.29, 1.82) is 0 Å². The topological polar surface area (TPSA) is 216 Å². The first-order valence-corrected chi connectivity index (χ1v) is 15.4. The van der Waals surface area contributed by atoms with Crippen molar-refractivity contribution < 1.29 is 63.9 Å². The van der Waals surface area contributed by atoms with E-state index in [0.29, 0.717) is 6.42 Å². The number of fused-ring (bicyclic) bond motifs is 2. The molecule has 3 aromatic rings. The van der Waals surface area contributed by atoms with Crippen molar-refractivity contribution in [3.05, 3.63) is 59.3 Å². The van der Waals surface area contributed by atoms with Gasteiger partial charge in [-0.05, 0) is 54.3 Å². The number of hydroxylamine groups is 6. The fourth-order valence-corrected chi connectivity index (χ4v) is 5.96. The minimum absolute atomic E-state index is 0.0357. The maximum absolute atomic E-state index is 14.6. The second kappa shape index (κ2) is 12.5. The molecular weight excluding hydrogens is 644 g/mol. The van der Waals surface area contributed by atoms with Gasteiger partial charge >= 0.3 is 29.5 Å². The number of aliphatic hydroxyl groups is 1. The van der Waals surface area contributed by atoms with Crippen LogP contribution in [0.4, 0.5) is 0 Å². The third-order valence-corrected chi connectivity index (χ3v) is 8.76. The minimum atomic E-state index is -2.59. The number of allylic oxidation sites excluding steroid dienone is 1. The minimum Gasteiger partial charge on any atom is -0.578 e. The zero-order chi connectivity index (χ0) is 36.2. The molecule has 0 aromatic heterocycles. The van der Waals surface area contributed by atoms with E-state index < -0.39 is 69.1 Å². The number of esters is 2. The van der Waals surface area contributed by atoms with Gasteiger partial charge in [0.25, 0.3) is 0 Å². The number of carbonyl (C=O) groups is 3. The molecule has 260 valence electrons. The zero-order valence-corrected chi connectivity index (χ0v) is 27.5. The first-order chi connectivity index (χ1) is 23.0. The number of benzene rings is 3. The molecule has 2 heterocycles. The number of phenols is 3. The Morgan fingerprint density at radius 2 is 1.41 bits per heavy atom. The Morgan fingerprint density at radius 1 is 0.878 bits per heavy atom. The van der Waals surface area contributed by atoms with E-state index in [-0.39, 0.29) is 56.7 Å². The summed E-state index contributed by atoms with van der Waals surface area (Å²) in [5.74, 6) is -8.74.